The Morgan fingerprint density at radius 2 is 2.12 bits per heavy atom. The van der Waals surface area contributed by atoms with E-state index in [2.05, 4.69) is 26.8 Å². The van der Waals surface area contributed by atoms with E-state index in [-0.39, 0.29) is 11.5 Å². The van der Waals surface area contributed by atoms with E-state index in [1.54, 1.807) is 0 Å². The van der Waals surface area contributed by atoms with Gasteiger partial charge in [0.2, 0.25) is 0 Å². The van der Waals surface area contributed by atoms with Crippen molar-refractivity contribution >= 4 is 0 Å². The minimum absolute atomic E-state index is 0.169. The lowest BCUT2D eigenvalue weighted by Gasteiger charge is -2.41. The number of hydrogen-bond acceptors (Lipinski definition) is 2. The molecule has 2 nitrogen and oxygen atoms in total. The van der Waals surface area contributed by atoms with Gasteiger partial charge >= 0.3 is 0 Å². The third kappa shape index (κ3) is 1.88. The Morgan fingerprint density at radius 1 is 1.29 bits per heavy atom. The average molecular weight is 234 g/mol. The first-order valence-electron chi connectivity index (χ1n) is 6.73. The Morgan fingerprint density at radius 3 is 2.88 bits per heavy atom. The Bertz CT molecular complexity index is 384. The van der Waals surface area contributed by atoms with Crippen molar-refractivity contribution in [2.75, 3.05) is 13.2 Å². The van der Waals surface area contributed by atoms with Crippen LogP contribution >= 0.6 is 0 Å². The summed E-state index contributed by atoms with van der Waals surface area (Å²) in [6, 6.07) is 0. The largest absolute Gasteiger partial charge is 0.373 e. The summed E-state index contributed by atoms with van der Waals surface area (Å²) in [5.74, 6) is 0. The summed E-state index contributed by atoms with van der Waals surface area (Å²) in [7, 11) is 0. The van der Waals surface area contributed by atoms with Crippen molar-refractivity contribution in [1.29, 1.82) is 0 Å². The fourth-order valence-corrected chi connectivity index (χ4v) is 3.28. The van der Waals surface area contributed by atoms with E-state index in [9.17, 15) is 0 Å². The number of ether oxygens (including phenoxy) is 2. The predicted octanol–water partition coefficient (Wildman–Crippen LogP) is 3.24. The van der Waals surface area contributed by atoms with Gasteiger partial charge in [0, 0.05) is 0 Å². The van der Waals surface area contributed by atoms with Crippen LogP contribution in [0.5, 0.6) is 0 Å². The maximum Gasteiger partial charge on any atom is 0.0882 e. The van der Waals surface area contributed by atoms with Crippen molar-refractivity contribution in [3.8, 4) is 0 Å². The minimum Gasteiger partial charge on any atom is -0.373 e. The molecule has 0 radical (unpaired) electrons. The molecule has 1 saturated carbocycles. The van der Waals surface area contributed by atoms with Crippen LogP contribution in [0.1, 0.15) is 40.0 Å². The van der Waals surface area contributed by atoms with Gasteiger partial charge in [0.05, 0.1) is 25.4 Å². The van der Waals surface area contributed by atoms with Crippen LogP contribution in [-0.2, 0) is 9.47 Å². The highest BCUT2D eigenvalue weighted by Gasteiger charge is 2.41. The number of hydrogen-bond donors (Lipinski definition) is 0. The molecule has 2 heterocycles. The molecule has 0 aromatic rings. The van der Waals surface area contributed by atoms with Crippen molar-refractivity contribution in [2.45, 2.75) is 52.2 Å². The van der Waals surface area contributed by atoms with Gasteiger partial charge in [0.25, 0.3) is 0 Å². The summed E-state index contributed by atoms with van der Waals surface area (Å²) >= 11 is 0. The predicted molar refractivity (Wildman–Crippen MR) is 67.9 cm³/mol. The standard InChI is InChI=1S/C15H22O2/c1-15(2,3)14-11-7-8-16-9-12(11)10-5-4-6-13(10)17-14/h7,13-14H,4-6,8-9H2,1-3H3/t13-,14+/m0/s1. The van der Waals surface area contributed by atoms with Gasteiger partial charge in [0.1, 0.15) is 0 Å². The van der Waals surface area contributed by atoms with Gasteiger partial charge in [-0.3, -0.25) is 0 Å². The van der Waals surface area contributed by atoms with Gasteiger partial charge in [-0.1, -0.05) is 26.8 Å². The molecule has 0 unspecified atom stereocenters. The molecule has 1 aliphatic carbocycles. The van der Waals surface area contributed by atoms with Crippen LogP contribution in [0, 0.1) is 5.41 Å². The molecule has 0 spiro atoms. The second-order valence-corrected chi connectivity index (χ2v) is 6.44. The third-order valence-corrected chi connectivity index (χ3v) is 4.07. The van der Waals surface area contributed by atoms with Crippen LogP contribution in [0.4, 0.5) is 0 Å². The SMILES string of the molecule is CC(C)(C)[C@@H]1O[C@H]2CCCC2=C2COCC=C21. The van der Waals surface area contributed by atoms with Crippen LogP contribution in [0.15, 0.2) is 22.8 Å². The zero-order valence-corrected chi connectivity index (χ0v) is 11.1. The molecule has 0 bridgehead atoms. The van der Waals surface area contributed by atoms with Crippen LogP contribution in [-0.4, -0.2) is 25.4 Å². The quantitative estimate of drug-likeness (QED) is 0.640. The van der Waals surface area contributed by atoms with Crippen LogP contribution in [0.25, 0.3) is 0 Å². The molecule has 0 N–H and O–H groups in total. The smallest absolute Gasteiger partial charge is 0.0882 e. The van der Waals surface area contributed by atoms with Gasteiger partial charge < -0.3 is 9.47 Å². The van der Waals surface area contributed by atoms with Gasteiger partial charge in [0.15, 0.2) is 0 Å². The Balaban J connectivity index is 2.05. The van der Waals surface area contributed by atoms with E-state index in [1.807, 2.05) is 0 Å². The van der Waals surface area contributed by atoms with E-state index < -0.39 is 0 Å². The third-order valence-electron chi connectivity index (χ3n) is 4.07. The molecule has 2 aliphatic heterocycles. The second-order valence-electron chi connectivity index (χ2n) is 6.44. The molecule has 2 atom stereocenters. The van der Waals surface area contributed by atoms with Crippen molar-refractivity contribution in [3.05, 3.63) is 22.8 Å². The summed E-state index contributed by atoms with van der Waals surface area (Å²) in [5, 5.41) is 0. The lowest BCUT2D eigenvalue weighted by atomic mass is 9.78. The maximum atomic E-state index is 6.36. The normalized spacial score (nSPS) is 33.2. The van der Waals surface area contributed by atoms with Crippen LogP contribution in [0.2, 0.25) is 0 Å². The lowest BCUT2D eigenvalue weighted by Crippen LogP contribution is -2.41. The summed E-state index contributed by atoms with van der Waals surface area (Å²) < 4.78 is 12.0. The highest BCUT2D eigenvalue weighted by Crippen LogP contribution is 2.45. The summed E-state index contributed by atoms with van der Waals surface area (Å²) in [5.41, 5.74) is 4.57. The van der Waals surface area contributed by atoms with E-state index >= 15 is 0 Å². The van der Waals surface area contributed by atoms with Gasteiger partial charge in [-0.15, -0.1) is 0 Å². The molecule has 94 valence electrons. The lowest BCUT2D eigenvalue weighted by molar-refractivity contribution is -0.0369. The Kier molecular flexibility index (Phi) is 2.68. The topological polar surface area (TPSA) is 18.5 Å². The molecule has 3 aliphatic rings. The molecule has 17 heavy (non-hydrogen) atoms. The maximum absolute atomic E-state index is 6.36. The highest BCUT2D eigenvalue weighted by atomic mass is 16.5. The molecular weight excluding hydrogens is 212 g/mol. The molecule has 3 rings (SSSR count). The van der Waals surface area contributed by atoms with E-state index in [0.29, 0.717) is 6.10 Å². The minimum atomic E-state index is 0.169. The first-order valence-corrected chi connectivity index (χ1v) is 6.73. The second kappa shape index (κ2) is 3.96. The molecule has 2 heteroatoms. The fourth-order valence-electron chi connectivity index (χ4n) is 3.28. The first kappa shape index (κ1) is 11.5. The Hall–Kier alpha value is -0.600. The summed E-state index contributed by atoms with van der Waals surface area (Å²) in [6.45, 7) is 8.35. The first-order chi connectivity index (χ1) is 8.07. The summed E-state index contributed by atoms with van der Waals surface area (Å²) in [4.78, 5) is 0. The fraction of sp³-hybridized carbons (Fsp3) is 0.733. The van der Waals surface area contributed by atoms with Crippen molar-refractivity contribution in [2.24, 2.45) is 5.41 Å². The molecule has 0 saturated heterocycles. The monoisotopic (exact) mass is 234 g/mol. The van der Waals surface area contributed by atoms with Gasteiger partial charge in [-0.25, -0.2) is 0 Å². The Labute approximate surface area is 104 Å². The van der Waals surface area contributed by atoms with Gasteiger partial charge in [-0.2, -0.15) is 0 Å². The molecule has 0 aromatic carbocycles. The van der Waals surface area contributed by atoms with E-state index in [0.717, 1.165) is 13.2 Å². The zero-order valence-electron chi connectivity index (χ0n) is 11.1. The van der Waals surface area contributed by atoms with Crippen LogP contribution < -0.4 is 0 Å². The van der Waals surface area contributed by atoms with E-state index in [1.165, 1.54) is 36.0 Å². The van der Waals surface area contributed by atoms with Gasteiger partial charge in [-0.05, 0) is 41.4 Å². The molecule has 0 amide bonds. The van der Waals surface area contributed by atoms with Crippen molar-refractivity contribution in [1.82, 2.24) is 0 Å². The average Bonchev–Trinajstić information content (AvgIpc) is 2.74. The molecule has 0 aromatic heterocycles. The molecular formula is C15H22O2. The van der Waals surface area contributed by atoms with Crippen LogP contribution in [0.3, 0.4) is 0 Å². The number of rotatable bonds is 0. The van der Waals surface area contributed by atoms with Crippen molar-refractivity contribution < 1.29 is 9.47 Å². The number of fused-ring (bicyclic) bond motifs is 2. The van der Waals surface area contributed by atoms with E-state index in [4.69, 9.17) is 9.47 Å². The summed E-state index contributed by atoms with van der Waals surface area (Å²) in [6.07, 6.45) is 6.52. The molecule has 1 fully saturated rings. The zero-order chi connectivity index (χ0) is 12.0. The van der Waals surface area contributed by atoms with Crippen molar-refractivity contribution in [3.63, 3.8) is 0 Å². The highest BCUT2D eigenvalue weighted by molar-refractivity contribution is 5.45.